The minimum atomic E-state index is -1.06. The second kappa shape index (κ2) is 6.24. The van der Waals surface area contributed by atoms with Gasteiger partial charge in [0.2, 0.25) is 0 Å². The third-order valence-corrected chi connectivity index (χ3v) is 3.46. The highest BCUT2D eigenvalue weighted by Crippen LogP contribution is 2.27. The molecule has 2 rings (SSSR count). The van der Waals surface area contributed by atoms with E-state index in [9.17, 15) is 9.18 Å². The number of hydrogen-bond acceptors (Lipinski definition) is 2. The molecule has 0 spiro atoms. The number of carbonyl (C=O) groups is 1. The van der Waals surface area contributed by atoms with E-state index in [1.165, 1.54) is 30.3 Å². The molecule has 0 heterocycles. The lowest BCUT2D eigenvalue weighted by atomic mass is 10.2. The third-order valence-electron chi connectivity index (χ3n) is 2.57. The quantitative estimate of drug-likeness (QED) is 0.873. The maximum atomic E-state index is 13.5. The fourth-order valence-electron chi connectivity index (χ4n) is 1.56. The van der Waals surface area contributed by atoms with Gasteiger partial charge in [0, 0.05) is 10.6 Å². The smallest absolute Gasteiger partial charge is 0.335 e. The first-order chi connectivity index (χ1) is 9.47. The van der Waals surface area contributed by atoms with E-state index in [0.717, 1.165) is 0 Å². The van der Waals surface area contributed by atoms with Crippen LogP contribution in [0.4, 0.5) is 4.39 Å². The van der Waals surface area contributed by atoms with Gasteiger partial charge in [-0.3, -0.25) is 0 Å². The van der Waals surface area contributed by atoms with Gasteiger partial charge in [0.1, 0.15) is 18.2 Å². The first kappa shape index (κ1) is 14.8. The summed E-state index contributed by atoms with van der Waals surface area (Å²) < 4.78 is 19.6. The Morgan fingerprint density at radius 2 is 2.05 bits per heavy atom. The fourth-order valence-corrected chi connectivity index (χ4v) is 2.11. The monoisotopic (exact) mass is 358 g/mol. The Kier molecular flexibility index (Phi) is 4.62. The van der Waals surface area contributed by atoms with Crippen LogP contribution in [0.2, 0.25) is 5.02 Å². The molecule has 0 aliphatic carbocycles. The average molecular weight is 360 g/mol. The van der Waals surface area contributed by atoms with Crippen molar-refractivity contribution < 1.29 is 19.0 Å². The molecule has 0 aliphatic heterocycles. The van der Waals surface area contributed by atoms with Gasteiger partial charge in [0.05, 0.1) is 10.0 Å². The molecule has 0 unspecified atom stereocenters. The Balaban J connectivity index is 2.20. The molecule has 0 aliphatic rings. The topological polar surface area (TPSA) is 46.5 Å². The summed E-state index contributed by atoms with van der Waals surface area (Å²) in [5, 5.41) is 9.32. The van der Waals surface area contributed by atoms with Crippen LogP contribution in [0.25, 0.3) is 0 Å². The zero-order valence-corrected chi connectivity index (χ0v) is 12.4. The molecular weight excluding hydrogens is 351 g/mol. The average Bonchev–Trinajstić information content (AvgIpc) is 2.41. The van der Waals surface area contributed by atoms with E-state index in [-0.39, 0.29) is 12.2 Å². The van der Waals surface area contributed by atoms with Crippen molar-refractivity contribution in [3.8, 4) is 5.75 Å². The van der Waals surface area contributed by atoms with Gasteiger partial charge in [0.25, 0.3) is 0 Å². The Bertz CT molecular complexity index is 661. The highest BCUT2D eigenvalue weighted by Gasteiger charge is 2.10. The molecule has 0 aromatic heterocycles. The second-order valence-electron chi connectivity index (χ2n) is 3.97. The zero-order chi connectivity index (χ0) is 14.7. The molecule has 0 bridgehead atoms. The van der Waals surface area contributed by atoms with E-state index >= 15 is 0 Å². The lowest BCUT2D eigenvalue weighted by molar-refractivity contribution is 0.0696. The Labute approximate surface area is 128 Å². The number of carboxylic acid groups (broad SMARTS) is 1. The molecule has 0 radical (unpaired) electrons. The van der Waals surface area contributed by atoms with Gasteiger partial charge in [-0.15, -0.1) is 0 Å². The Morgan fingerprint density at radius 3 is 2.75 bits per heavy atom. The van der Waals surface area contributed by atoms with Gasteiger partial charge in [-0.2, -0.15) is 0 Å². The van der Waals surface area contributed by atoms with Crippen LogP contribution in [0.1, 0.15) is 15.9 Å². The van der Waals surface area contributed by atoms with E-state index in [1.807, 2.05) is 0 Å². The van der Waals surface area contributed by atoms with E-state index in [0.29, 0.717) is 20.8 Å². The summed E-state index contributed by atoms with van der Waals surface area (Å²) in [6, 6.07) is 8.54. The first-order valence-corrected chi connectivity index (χ1v) is 6.74. The number of carboxylic acids is 1. The number of aromatic carboxylic acids is 1. The summed E-state index contributed by atoms with van der Waals surface area (Å²) in [5.74, 6) is -1.17. The van der Waals surface area contributed by atoms with E-state index in [1.54, 1.807) is 6.07 Å². The van der Waals surface area contributed by atoms with Crippen molar-refractivity contribution in [2.45, 2.75) is 6.61 Å². The summed E-state index contributed by atoms with van der Waals surface area (Å²) >= 11 is 9.04. The van der Waals surface area contributed by atoms with Crippen molar-refractivity contribution in [2.24, 2.45) is 0 Å². The van der Waals surface area contributed by atoms with Crippen molar-refractivity contribution in [3.63, 3.8) is 0 Å². The number of rotatable bonds is 4. The van der Waals surface area contributed by atoms with E-state index in [4.69, 9.17) is 21.4 Å². The van der Waals surface area contributed by atoms with E-state index in [2.05, 4.69) is 15.9 Å². The highest BCUT2D eigenvalue weighted by atomic mass is 79.9. The van der Waals surface area contributed by atoms with Crippen LogP contribution in [0.5, 0.6) is 5.75 Å². The number of hydrogen-bond donors (Lipinski definition) is 1. The van der Waals surface area contributed by atoms with Crippen molar-refractivity contribution in [3.05, 3.63) is 62.8 Å². The molecular formula is C14H9BrClFO3. The van der Waals surface area contributed by atoms with Crippen LogP contribution < -0.4 is 4.74 Å². The fraction of sp³-hybridized carbons (Fsp3) is 0.0714. The normalized spacial score (nSPS) is 10.3. The van der Waals surface area contributed by atoms with Gasteiger partial charge in [-0.1, -0.05) is 11.6 Å². The maximum absolute atomic E-state index is 13.5. The van der Waals surface area contributed by atoms with Crippen LogP contribution in [-0.4, -0.2) is 11.1 Å². The summed E-state index contributed by atoms with van der Waals surface area (Å²) in [7, 11) is 0. The van der Waals surface area contributed by atoms with Crippen LogP contribution in [0.3, 0.4) is 0 Å². The van der Waals surface area contributed by atoms with Crippen LogP contribution in [0.15, 0.2) is 40.9 Å². The predicted molar refractivity (Wildman–Crippen MR) is 76.8 cm³/mol. The molecule has 20 heavy (non-hydrogen) atoms. The Hall–Kier alpha value is -1.59. The summed E-state index contributed by atoms with van der Waals surface area (Å²) in [6.07, 6.45) is 0. The molecule has 0 amide bonds. The summed E-state index contributed by atoms with van der Waals surface area (Å²) in [5.41, 5.74) is 0.389. The minimum absolute atomic E-state index is 0.0476. The molecule has 3 nitrogen and oxygen atoms in total. The number of ether oxygens (including phenoxy) is 1. The highest BCUT2D eigenvalue weighted by molar-refractivity contribution is 9.10. The van der Waals surface area contributed by atoms with Gasteiger partial charge in [-0.05, 0) is 52.3 Å². The van der Waals surface area contributed by atoms with Crippen molar-refractivity contribution >= 4 is 33.5 Å². The zero-order valence-electron chi connectivity index (χ0n) is 10.1. The molecule has 0 atom stereocenters. The van der Waals surface area contributed by atoms with Gasteiger partial charge < -0.3 is 9.84 Å². The molecule has 0 saturated carbocycles. The molecule has 104 valence electrons. The molecule has 0 saturated heterocycles. The lowest BCUT2D eigenvalue weighted by Gasteiger charge is -2.10. The molecule has 6 heteroatoms. The van der Waals surface area contributed by atoms with Crippen molar-refractivity contribution in [2.75, 3.05) is 0 Å². The molecule has 0 fully saturated rings. The SMILES string of the molecule is O=C(O)c1ccc(Br)c(OCc2cc(Cl)ccc2F)c1. The number of benzene rings is 2. The van der Waals surface area contributed by atoms with Gasteiger partial charge in [-0.25, -0.2) is 9.18 Å². The molecule has 1 N–H and O–H groups in total. The first-order valence-electron chi connectivity index (χ1n) is 5.57. The maximum Gasteiger partial charge on any atom is 0.335 e. The van der Waals surface area contributed by atoms with Crippen LogP contribution in [-0.2, 0) is 6.61 Å². The molecule has 2 aromatic carbocycles. The van der Waals surface area contributed by atoms with Crippen LogP contribution >= 0.6 is 27.5 Å². The van der Waals surface area contributed by atoms with Gasteiger partial charge in [0.15, 0.2) is 0 Å². The van der Waals surface area contributed by atoms with Crippen molar-refractivity contribution in [1.82, 2.24) is 0 Å². The predicted octanol–water partition coefficient (Wildman–Crippen LogP) is 4.52. The molecule has 2 aromatic rings. The second-order valence-corrected chi connectivity index (χ2v) is 5.27. The number of halogens is 3. The largest absolute Gasteiger partial charge is 0.488 e. The van der Waals surface area contributed by atoms with Gasteiger partial charge >= 0.3 is 5.97 Å². The van der Waals surface area contributed by atoms with Crippen LogP contribution in [0, 0.1) is 5.82 Å². The summed E-state index contributed by atoms with van der Waals surface area (Å²) in [4.78, 5) is 10.9. The lowest BCUT2D eigenvalue weighted by Crippen LogP contribution is -2.01. The third kappa shape index (κ3) is 3.49. The van der Waals surface area contributed by atoms with E-state index < -0.39 is 11.8 Å². The summed E-state index contributed by atoms with van der Waals surface area (Å²) in [6.45, 7) is -0.0476. The standard InChI is InChI=1S/C14H9BrClFO3/c15-11-3-1-8(14(18)19)6-13(11)20-7-9-5-10(16)2-4-12(9)17/h1-6H,7H2,(H,18,19). The Morgan fingerprint density at radius 1 is 1.30 bits per heavy atom. The van der Waals surface area contributed by atoms with Crippen molar-refractivity contribution in [1.29, 1.82) is 0 Å². The minimum Gasteiger partial charge on any atom is -0.488 e.